The van der Waals surface area contributed by atoms with E-state index in [-0.39, 0.29) is 27.5 Å². The van der Waals surface area contributed by atoms with E-state index < -0.39 is 22.5 Å². The van der Waals surface area contributed by atoms with Crippen molar-refractivity contribution in [3.05, 3.63) is 70.7 Å². The van der Waals surface area contributed by atoms with E-state index in [2.05, 4.69) is 15.2 Å². The van der Waals surface area contributed by atoms with Crippen molar-refractivity contribution in [3.63, 3.8) is 0 Å². The molecule has 188 valence electrons. The number of halogens is 2. The average molecular weight is 548 g/mol. The van der Waals surface area contributed by atoms with Crippen LogP contribution >= 0.6 is 23.2 Å². The van der Waals surface area contributed by atoms with Gasteiger partial charge in [-0.3, -0.25) is 13.7 Å². The normalized spacial score (nSPS) is 11.6. The van der Waals surface area contributed by atoms with Gasteiger partial charge in [0, 0.05) is 11.6 Å². The van der Waals surface area contributed by atoms with Crippen LogP contribution < -0.4 is 4.31 Å². The minimum atomic E-state index is -4.25. The summed E-state index contributed by atoms with van der Waals surface area (Å²) in [5.41, 5.74) is 1.85. The van der Waals surface area contributed by atoms with E-state index in [0.29, 0.717) is 12.2 Å². The first-order valence-electron chi connectivity index (χ1n) is 11.1. The van der Waals surface area contributed by atoms with Crippen molar-refractivity contribution in [1.82, 2.24) is 19.7 Å². The maximum absolute atomic E-state index is 13.6. The van der Waals surface area contributed by atoms with Gasteiger partial charge in [-0.25, -0.2) is 13.4 Å². The van der Waals surface area contributed by atoms with Gasteiger partial charge in [-0.1, -0.05) is 36.5 Å². The molecule has 4 rings (SSSR count). The summed E-state index contributed by atoms with van der Waals surface area (Å²) in [6, 6.07) is 12.9. The molecule has 0 aliphatic rings. The molecule has 0 atom stereocenters. The number of ether oxygens (including phenoxy) is 1. The number of nitrogens with zero attached hydrogens (tertiary/aromatic N) is 5. The third-order valence-corrected chi connectivity index (χ3v) is 7.49. The molecule has 0 unspecified atom stereocenters. The summed E-state index contributed by atoms with van der Waals surface area (Å²) in [4.78, 5) is 16.2. The summed E-state index contributed by atoms with van der Waals surface area (Å²) >= 11 is 11.9. The monoisotopic (exact) mass is 547 g/mol. The van der Waals surface area contributed by atoms with Gasteiger partial charge in [-0.15, -0.1) is 5.10 Å². The molecule has 3 aromatic heterocycles. The van der Waals surface area contributed by atoms with E-state index in [0.717, 1.165) is 27.3 Å². The Hall–Kier alpha value is -3.21. The summed E-state index contributed by atoms with van der Waals surface area (Å²) < 4.78 is 35.4. The Morgan fingerprint density at radius 2 is 1.81 bits per heavy atom. The van der Waals surface area contributed by atoms with Crippen LogP contribution in [0.2, 0.25) is 10.3 Å². The topological polar surface area (TPSA) is 107 Å². The lowest BCUT2D eigenvalue weighted by atomic mass is 10.2. The average Bonchev–Trinajstić information content (AvgIpc) is 3.26. The molecule has 0 aliphatic carbocycles. The summed E-state index contributed by atoms with van der Waals surface area (Å²) in [7, 11) is -4.25. The summed E-state index contributed by atoms with van der Waals surface area (Å²) in [6.07, 6.45) is 3.33. The molecule has 0 aliphatic heterocycles. The minimum Gasteiger partial charge on any atom is -0.464 e. The molecule has 12 heteroatoms. The van der Waals surface area contributed by atoms with E-state index >= 15 is 0 Å². The minimum absolute atomic E-state index is 0.0849. The molecular weight excluding hydrogens is 525 g/mol. The summed E-state index contributed by atoms with van der Waals surface area (Å²) in [5.74, 6) is -0.0562. The molecule has 0 N–H and O–H groups in total. The lowest BCUT2D eigenvalue weighted by molar-refractivity contribution is -0.141. The van der Waals surface area contributed by atoms with Gasteiger partial charge in [0.05, 0.1) is 28.4 Å². The Kier molecular flexibility index (Phi) is 7.77. The number of sulfonamides is 1. The molecule has 0 saturated heterocycles. The number of fused-ring (bicyclic) bond motifs is 1. The van der Waals surface area contributed by atoms with Crippen LogP contribution in [0.5, 0.6) is 0 Å². The van der Waals surface area contributed by atoms with Gasteiger partial charge in [0.1, 0.15) is 16.9 Å². The van der Waals surface area contributed by atoms with Crippen LogP contribution in [0.3, 0.4) is 0 Å². The second-order valence-corrected chi connectivity index (χ2v) is 10.6. The van der Waals surface area contributed by atoms with E-state index in [1.807, 2.05) is 42.8 Å². The highest BCUT2D eigenvalue weighted by atomic mass is 35.5. The van der Waals surface area contributed by atoms with Crippen molar-refractivity contribution >= 4 is 55.8 Å². The number of anilines is 1. The van der Waals surface area contributed by atoms with Crippen LogP contribution in [0.25, 0.3) is 16.7 Å². The largest absolute Gasteiger partial charge is 0.464 e. The van der Waals surface area contributed by atoms with E-state index in [4.69, 9.17) is 27.9 Å². The highest BCUT2D eigenvalue weighted by molar-refractivity contribution is 7.92. The lowest BCUT2D eigenvalue weighted by Crippen LogP contribution is -2.36. The van der Waals surface area contributed by atoms with Gasteiger partial charge in [0.2, 0.25) is 0 Å². The number of aryl methyl sites for hydroxylation is 1. The number of benzene rings is 1. The van der Waals surface area contributed by atoms with Crippen molar-refractivity contribution in [2.24, 2.45) is 0 Å². The first-order chi connectivity index (χ1) is 17.2. The number of carbonyl (C=O) groups excluding carboxylic acids is 1. The number of hydrogen-bond donors (Lipinski definition) is 0. The SMILES string of the molecule is CCCCOC(=O)CN(c1ccc2c(ccn2-c2ccc(C)nn2)c1)S(=O)(=O)c1cc(Cl)nc(Cl)c1. The Balaban J connectivity index is 1.76. The molecular formula is C24H23Cl2N5O4S. The van der Waals surface area contributed by atoms with Crippen LogP contribution in [0.4, 0.5) is 5.69 Å². The Morgan fingerprint density at radius 1 is 1.06 bits per heavy atom. The van der Waals surface area contributed by atoms with Crippen LogP contribution in [-0.4, -0.2) is 47.3 Å². The highest BCUT2D eigenvalue weighted by Crippen LogP contribution is 2.30. The Bertz CT molecular complexity index is 1490. The van der Waals surface area contributed by atoms with E-state index in [1.54, 1.807) is 18.2 Å². The van der Waals surface area contributed by atoms with Crippen molar-refractivity contribution in [2.45, 2.75) is 31.6 Å². The molecule has 0 saturated carbocycles. The zero-order chi connectivity index (χ0) is 25.9. The van der Waals surface area contributed by atoms with Crippen molar-refractivity contribution < 1.29 is 17.9 Å². The Morgan fingerprint density at radius 3 is 2.47 bits per heavy atom. The summed E-state index contributed by atoms with van der Waals surface area (Å²) in [6.45, 7) is 3.49. The number of aromatic nitrogens is 4. The number of pyridine rings is 1. The first-order valence-corrected chi connectivity index (χ1v) is 13.3. The predicted molar refractivity (Wildman–Crippen MR) is 138 cm³/mol. The van der Waals surface area contributed by atoms with Gasteiger partial charge < -0.3 is 4.74 Å². The second-order valence-electron chi connectivity index (χ2n) is 8.00. The third kappa shape index (κ3) is 5.61. The zero-order valence-corrected chi connectivity index (χ0v) is 21.9. The third-order valence-electron chi connectivity index (χ3n) is 5.35. The van der Waals surface area contributed by atoms with Crippen molar-refractivity contribution in [3.8, 4) is 5.82 Å². The number of rotatable bonds is 9. The van der Waals surface area contributed by atoms with Gasteiger partial charge in [-0.05, 0) is 61.9 Å². The Labute approximate surface area is 218 Å². The van der Waals surface area contributed by atoms with Crippen molar-refractivity contribution in [1.29, 1.82) is 0 Å². The van der Waals surface area contributed by atoms with Crippen LogP contribution in [-0.2, 0) is 19.6 Å². The number of carbonyl (C=O) groups is 1. The molecule has 1 aromatic carbocycles. The second kappa shape index (κ2) is 10.8. The van der Waals surface area contributed by atoms with Crippen molar-refractivity contribution in [2.75, 3.05) is 17.5 Å². The standard InChI is InChI=1S/C24H23Cl2N5O4S/c1-3-4-11-35-24(32)15-31(36(33,34)19-13-21(25)27-22(26)14-19)18-6-7-20-17(12-18)9-10-30(20)23-8-5-16(2)28-29-23/h5-10,12-14H,3-4,11,15H2,1-2H3. The van der Waals surface area contributed by atoms with E-state index in [1.165, 1.54) is 12.1 Å². The molecule has 0 radical (unpaired) electrons. The number of unbranched alkanes of at least 4 members (excludes halogenated alkanes) is 1. The van der Waals surface area contributed by atoms with Crippen LogP contribution in [0, 0.1) is 6.92 Å². The molecule has 9 nitrogen and oxygen atoms in total. The smallest absolute Gasteiger partial charge is 0.326 e. The number of hydrogen-bond acceptors (Lipinski definition) is 7. The highest BCUT2D eigenvalue weighted by Gasteiger charge is 2.29. The zero-order valence-electron chi connectivity index (χ0n) is 19.6. The fraction of sp³-hybridized carbons (Fsp3) is 0.250. The quantitative estimate of drug-likeness (QED) is 0.165. The summed E-state index contributed by atoms with van der Waals surface area (Å²) in [5, 5.41) is 8.87. The van der Waals surface area contributed by atoms with Gasteiger partial charge in [-0.2, -0.15) is 5.10 Å². The molecule has 0 amide bonds. The van der Waals surface area contributed by atoms with Gasteiger partial charge >= 0.3 is 5.97 Å². The molecule has 3 heterocycles. The maximum Gasteiger partial charge on any atom is 0.326 e. The van der Waals surface area contributed by atoms with E-state index in [9.17, 15) is 13.2 Å². The first kappa shape index (κ1) is 25.9. The molecule has 0 spiro atoms. The lowest BCUT2D eigenvalue weighted by Gasteiger charge is -2.24. The van der Waals surface area contributed by atoms with Gasteiger partial charge in [0.15, 0.2) is 5.82 Å². The molecule has 36 heavy (non-hydrogen) atoms. The molecule has 0 fully saturated rings. The predicted octanol–water partition coefficient (Wildman–Crippen LogP) is 4.97. The van der Waals surface area contributed by atoms with Crippen LogP contribution in [0.15, 0.2) is 59.6 Å². The maximum atomic E-state index is 13.6. The van der Waals surface area contributed by atoms with Crippen LogP contribution in [0.1, 0.15) is 25.5 Å². The number of esters is 1. The molecule has 0 bridgehead atoms. The molecule has 4 aromatic rings. The fourth-order valence-electron chi connectivity index (χ4n) is 3.53. The van der Waals surface area contributed by atoms with Gasteiger partial charge in [0.25, 0.3) is 10.0 Å². The fourth-order valence-corrected chi connectivity index (χ4v) is 5.56.